The summed E-state index contributed by atoms with van der Waals surface area (Å²) in [7, 11) is 0. The third kappa shape index (κ3) is 3.58. The second kappa shape index (κ2) is 4.70. The Morgan fingerprint density at radius 1 is 1.47 bits per heavy atom. The van der Waals surface area contributed by atoms with E-state index in [1.165, 1.54) is 6.26 Å². The van der Waals surface area contributed by atoms with Crippen LogP contribution in [0.4, 0.5) is 13.2 Å². The van der Waals surface area contributed by atoms with E-state index in [2.05, 4.69) is 0 Å². The van der Waals surface area contributed by atoms with Crippen molar-refractivity contribution in [1.82, 2.24) is 0 Å². The van der Waals surface area contributed by atoms with Gasteiger partial charge in [0.1, 0.15) is 5.76 Å². The van der Waals surface area contributed by atoms with Crippen LogP contribution >= 0.6 is 0 Å². The minimum Gasteiger partial charge on any atom is -0.469 e. The second-order valence-electron chi connectivity index (χ2n) is 3.41. The van der Waals surface area contributed by atoms with Crippen LogP contribution in [-0.4, -0.2) is 6.18 Å². The maximum absolute atomic E-state index is 12.0. The Hall–Kier alpha value is -0.970. The molecule has 0 amide bonds. The Labute approximate surface area is 86.3 Å². The Bertz CT molecular complexity index is 306. The van der Waals surface area contributed by atoms with Crippen LogP contribution in [-0.2, 0) is 6.42 Å². The summed E-state index contributed by atoms with van der Waals surface area (Å²) < 4.78 is 41.0. The lowest BCUT2D eigenvalue weighted by Crippen LogP contribution is -2.16. The second-order valence-corrected chi connectivity index (χ2v) is 3.41. The van der Waals surface area contributed by atoms with E-state index >= 15 is 0 Å². The number of rotatable bonds is 4. The van der Waals surface area contributed by atoms with Gasteiger partial charge < -0.3 is 10.2 Å². The molecule has 15 heavy (non-hydrogen) atoms. The van der Waals surface area contributed by atoms with Gasteiger partial charge in [0.15, 0.2) is 0 Å². The highest BCUT2D eigenvalue weighted by Crippen LogP contribution is 2.28. The van der Waals surface area contributed by atoms with Gasteiger partial charge in [-0.3, -0.25) is 0 Å². The van der Waals surface area contributed by atoms with Gasteiger partial charge in [-0.1, -0.05) is 6.92 Å². The van der Waals surface area contributed by atoms with Crippen molar-refractivity contribution in [1.29, 1.82) is 0 Å². The molecular formula is C10H14F3NO. The fourth-order valence-corrected chi connectivity index (χ4v) is 1.44. The zero-order valence-electron chi connectivity index (χ0n) is 8.47. The molecule has 0 bridgehead atoms. The summed E-state index contributed by atoms with van der Waals surface area (Å²) in [4.78, 5) is 0. The Morgan fingerprint density at radius 3 is 2.67 bits per heavy atom. The van der Waals surface area contributed by atoms with Crippen LogP contribution in [0.2, 0.25) is 0 Å². The molecule has 0 aromatic carbocycles. The van der Waals surface area contributed by atoms with Gasteiger partial charge in [0.25, 0.3) is 0 Å². The molecule has 86 valence electrons. The van der Waals surface area contributed by atoms with Gasteiger partial charge in [-0.25, -0.2) is 0 Å². The van der Waals surface area contributed by atoms with Crippen molar-refractivity contribution in [2.75, 3.05) is 0 Å². The number of alkyl halides is 3. The molecule has 5 heteroatoms. The number of halogens is 3. The monoisotopic (exact) mass is 221 g/mol. The van der Waals surface area contributed by atoms with Gasteiger partial charge in [0, 0.05) is 24.4 Å². The molecule has 0 fully saturated rings. The number of hydrogen-bond acceptors (Lipinski definition) is 2. The molecule has 0 saturated heterocycles. The first kappa shape index (κ1) is 12.1. The van der Waals surface area contributed by atoms with Crippen molar-refractivity contribution in [2.24, 2.45) is 5.73 Å². The first-order chi connectivity index (χ1) is 6.94. The average molecular weight is 221 g/mol. The van der Waals surface area contributed by atoms with E-state index in [9.17, 15) is 13.2 Å². The zero-order chi connectivity index (χ0) is 11.5. The lowest BCUT2D eigenvalue weighted by Gasteiger charge is -2.12. The molecule has 0 aliphatic heterocycles. The fraction of sp³-hybridized carbons (Fsp3) is 0.600. The molecule has 2 nitrogen and oxygen atoms in total. The van der Waals surface area contributed by atoms with Crippen molar-refractivity contribution in [3.05, 3.63) is 23.7 Å². The van der Waals surface area contributed by atoms with Crippen molar-refractivity contribution in [3.63, 3.8) is 0 Å². The fourth-order valence-electron chi connectivity index (χ4n) is 1.44. The average Bonchev–Trinajstić information content (AvgIpc) is 2.60. The molecule has 0 aliphatic rings. The normalized spacial score (nSPS) is 14.2. The minimum absolute atomic E-state index is 0.101. The Morgan fingerprint density at radius 2 is 2.13 bits per heavy atom. The third-order valence-electron chi connectivity index (χ3n) is 2.24. The van der Waals surface area contributed by atoms with E-state index in [-0.39, 0.29) is 6.42 Å². The summed E-state index contributed by atoms with van der Waals surface area (Å²) in [5, 5.41) is 0. The Balaban J connectivity index is 2.57. The molecule has 1 aromatic rings. The van der Waals surface area contributed by atoms with Crippen LogP contribution in [0, 0.1) is 0 Å². The summed E-state index contributed by atoms with van der Waals surface area (Å²) in [6, 6.07) is 1.04. The number of nitrogens with two attached hydrogens (primary N) is 1. The zero-order valence-corrected chi connectivity index (χ0v) is 8.47. The standard InChI is InChI=1S/C10H14F3NO/c1-2-9-7(4-6-15-9)8(14)3-5-10(11,12)13/h4,6,8H,2-3,5,14H2,1H3. The molecule has 1 unspecified atom stereocenters. The molecular weight excluding hydrogens is 207 g/mol. The summed E-state index contributed by atoms with van der Waals surface area (Å²) in [5.74, 6) is 0.671. The van der Waals surface area contributed by atoms with Crippen molar-refractivity contribution in [3.8, 4) is 0 Å². The molecule has 1 rings (SSSR count). The topological polar surface area (TPSA) is 39.2 Å². The van der Waals surface area contributed by atoms with Crippen LogP contribution in [0.25, 0.3) is 0 Å². The van der Waals surface area contributed by atoms with Crippen LogP contribution in [0.1, 0.15) is 37.1 Å². The molecule has 1 atom stereocenters. The molecule has 2 N–H and O–H groups in total. The molecule has 1 aromatic heterocycles. The van der Waals surface area contributed by atoms with Crippen molar-refractivity contribution in [2.45, 2.75) is 38.4 Å². The summed E-state index contributed by atoms with van der Waals surface area (Å²) in [5.41, 5.74) is 6.35. The predicted octanol–water partition coefficient (Wildman–Crippen LogP) is 3.18. The molecule has 1 heterocycles. The van der Waals surface area contributed by atoms with Crippen LogP contribution in [0.3, 0.4) is 0 Å². The van der Waals surface area contributed by atoms with Crippen LogP contribution < -0.4 is 5.73 Å². The van der Waals surface area contributed by atoms with E-state index in [0.717, 1.165) is 0 Å². The summed E-state index contributed by atoms with van der Waals surface area (Å²) in [6.07, 6.45) is -3.00. The summed E-state index contributed by atoms with van der Waals surface area (Å²) in [6.45, 7) is 1.87. The number of aryl methyl sites for hydroxylation is 1. The van der Waals surface area contributed by atoms with Gasteiger partial charge in [0.2, 0.25) is 0 Å². The highest BCUT2D eigenvalue weighted by molar-refractivity contribution is 5.20. The highest BCUT2D eigenvalue weighted by Gasteiger charge is 2.28. The smallest absolute Gasteiger partial charge is 0.389 e. The maximum Gasteiger partial charge on any atom is 0.389 e. The lowest BCUT2D eigenvalue weighted by molar-refractivity contribution is -0.136. The minimum atomic E-state index is -4.15. The third-order valence-corrected chi connectivity index (χ3v) is 2.24. The maximum atomic E-state index is 12.0. The first-order valence-corrected chi connectivity index (χ1v) is 4.82. The predicted molar refractivity (Wildman–Crippen MR) is 50.3 cm³/mol. The van der Waals surface area contributed by atoms with Crippen molar-refractivity contribution < 1.29 is 17.6 Å². The van der Waals surface area contributed by atoms with Crippen molar-refractivity contribution >= 4 is 0 Å². The first-order valence-electron chi connectivity index (χ1n) is 4.82. The largest absolute Gasteiger partial charge is 0.469 e. The Kier molecular flexibility index (Phi) is 3.79. The SMILES string of the molecule is CCc1occc1C(N)CCC(F)(F)F. The number of furan rings is 1. The van der Waals surface area contributed by atoms with E-state index in [0.29, 0.717) is 17.7 Å². The molecule has 0 radical (unpaired) electrons. The van der Waals surface area contributed by atoms with Gasteiger partial charge in [-0.2, -0.15) is 13.2 Å². The van der Waals surface area contributed by atoms with Crippen LogP contribution in [0.5, 0.6) is 0 Å². The highest BCUT2D eigenvalue weighted by atomic mass is 19.4. The van der Waals surface area contributed by atoms with E-state index in [4.69, 9.17) is 10.2 Å². The van der Waals surface area contributed by atoms with Gasteiger partial charge in [-0.05, 0) is 12.5 Å². The van der Waals surface area contributed by atoms with Crippen LogP contribution in [0.15, 0.2) is 16.7 Å². The lowest BCUT2D eigenvalue weighted by atomic mass is 10.0. The quantitative estimate of drug-likeness (QED) is 0.848. The van der Waals surface area contributed by atoms with Gasteiger partial charge in [-0.15, -0.1) is 0 Å². The molecule has 0 spiro atoms. The summed E-state index contributed by atoms with van der Waals surface area (Å²) >= 11 is 0. The van der Waals surface area contributed by atoms with E-state index in [1.807, 2.05) is 6.92 Å². The van der Waals surface area contributed by atoms with E-state index < -0.39 is 18.6 Å². The van der Waals surface area contributed by atoms with E-state index in [1.54, 1.807) is 6.07 Å². The molecule has 0 saturated carbocycles. The number of hydrogen-bond donors (Lipinski definition) is 1. The van der Waals surface area contributed by atoms with Gasteiger partial charge >= 0.3 is 6.18 Å². The molecule has 0 aliphatic carbocycles. The van der Waals surface area contributed by atoms with Gasteiger partial charge in [0.05, 0.1) is 6.26 Å².